The van der Waals surface area contributed by atoms with Crippen molar-refractivity contribution in [1.29, 1.82) is 0 Å². The van der Waals surface area contributed by atoms with Crippen molar-refractivity contribution < 1.29 is 4.79 Å². The van der Waals surface area contributed by atoms with E-state index in [-0.39, 0.29) is 5.91 Å². The smallest absolute Gasteiger partial charge is 0.256 e. The Morgan fingerprint density at radius 3 is 2.52 bits per heavy atom. The number of hydrogen-bond acceptors (Lipinski definition) is 3. The third-order valence-electron chi connectivity index (χ3n) is 5.06. The van der Waals surface area contributed by atoms with Crippen LogP contribution in [0.2, 0.25) is 0 Å². The van der Waals surface area contributed by atoms with Gasteiger partial charge in [-0.2, -0.15) is 5.10 Å². The number of benzene rings is 3. The van der Waals surface area contributed by atoms with Gasteiger partial charge >= 0.3 is 0 Å². The molecule has 5 aromatic rings. The van der Waals surface area contributed by atoms with Crippen molar-refractivity contribution in [2.45, 2.75) is 0 Å². The van der Waals surface area contributed by atoms with Crippen molar-refractivity contribution in [3.8, 4) is 11.3 Å². The van der Waals surface area contributed by atoms with Crippen LogP contribution in [0, 0.1) is 0 Å². The molecule has 2 heterocycles. The number of amides is 1. The fourth-order valence-electron chi connectivity index (χ4n) is 3.58. The molecule has 0 aliphatic heterocycles. The fourth-order valence-corrected chi connectivity index (χ4v) is 3.58. The van der Waals surface area contributed by atoms with Crippen LogP contribution in [0.5, 0.6) is 0 Å². The molecule has 0 fully saturated rings. The maximum Gasteiger partial charge on any atom is 0.256 e. The Hall–Kier alpha value is -3.99. The number of fused-ring (bicyclic) bond motifs is 2. The topological polar surface area (TPSA) is 59.8 Å². The number of carbonyl (C=O) groups excluding carboxylic acids is 1. The third kappa shape index (κ3) is 3.02. The molecule has 0 bridgehead atoms. The number of rotatable bonds is 3. The summed E-state index contributed by atoms with van der Waals surface area (Å²) in [4.78, 5) is 18.0. The lowest BCUT2D eigenvalue weighted by molar-refractivity contribution is 0.102. The Morgan fingerprint density at radius 1 is 0.897 bits per heavy atom. The Balaban J connectivity index is 1.63. The average Bonchev–Trinajstić information content (AvgIpc) is 3.15. The molecule has 0 unspecified atom stereocenters. The number of hydrogen-bond donors (Lipinski definition) is 1. The number of aryl methyl sites for hydroxylation is 1. The van der Waals surface area contributed by atoms with Gasteiger partial charge in [0.25, 0.3) is 5.91 Å². The molecule has 0 saturated carbocycles. The molecular weight excluding hydrogens is 360 g/mol. The molecule has 0 aliphatic carbocycles. The monoisotopic (exact) mass is 378 g/mol. The van der Waals surface area contributed by atoms with E-state index in [9.17, 15) is 4.79 Å². The van der Waals surface area contributed by atoms with E-state index in [4.69, 9.17) is 4.98 Å². The van der Waals surface area contributed by atoms with Crippen LogP contribution in [0.4, 0.5) is 5.69 Å². The molecule has 0 atom stereocenters. The van der Waals surface area contributed by atoms with E-state index in [1.807, 2.05) is 85.9 Å². The summed E-state index contributed by atoms with van der Waals surface area (Å²) in [6.45, 7) is 0. The summed E-state index contributed by atoms with van der Waals surface area (Å²) in [6.07, 6.45) is 1.69. The number of nitrogens with one attached hydrogen (secondary N) is 1. The standard InChI is InChI=1S/C24H18N4O/c1-28-23-20(15-25-28)19(14-22(26-23)17-9-3-2-4-10-17)24(29)27-21-13-7-11-16-8-5-6-12-18(16)21/h2-15H,1H3,(H,27,29). The average molecular weight is 378 g/mol. The number of carbonyl (C=O) groups is 1. The molecule has 0 radical (unpaired) electrons. The summed E-state index contributed by atoms with van der Waals surface area (Å²) in [5.41, 5.74) is 3.70. The summed E-state index contributed by atoms with van der Waals surface area (Å²) in [5, 5.41) is 10.2. The van der Waals surface area contributed by atoms with Crippen LogP contribution in [0.1, 0.15) is 10.4 Å². The zero-order valence-corrected chi connectivity index (χ0v) is 15.8. The van der Waals surface area contributed by atoms with Gasteiger partial charge in [-0.15, -0.1) is 0 Å². The van der Waals surface area contributed by atoms with Crippen LogP contribution in [0.25, 0.3) is 33.1 Å². The van der Waals surface area contributed by atoms with Gasteiger partial charge in [-0.1, -0.05) is 66.7 Å². The van der Waals surface area contributed by atoms with Crippen molar-refractivity contribution in [2.24, 2.45) is 7.05 Å². The van der Waals surface area contributed by atoms with E-state index >= 15 is 0 Å². The highest BCUT2D eigenvalue weighted by Crippen LogP contribution is 2.27. The largest absolute Gasteiger partial charge is 0.321 e. The first kappa shape index (κ1) is 17.1. The summed E-state index contributed by atoms with van der Waals surface area (Å²) in [5.74, 6) is -0.182. The van der Waals surface area contributed by atoms with Gasteiger partial charge in [0.1, 0.15) is 0 Å². The molecule has 0 spiro atoms. The molecule has 0 aliphatic rings. The van der Waals surface area contributed by atoms with Crippen LogP contribution in [0.3, 0.4) is 0 Å². The van der Waals surface area contributed by atoms with Crippen molar-refractivity contribution in [3.63, 3.8) is 0 Å². The van der Waals surface area contributed by atoms with Gasteiger partial charge in [0, 0.05) is 23.7 Å². The van der Waals surface area contributed by atoms with E-state index in [0.29, 0.717) is 11.2 Å². The van der Waals surface area contributed by atoms with E-state index in [1.54, 1.807) is 10.9 Å². The molecule has 5 nitrogen and oxygen atoms in total. The maximum atomic E-state index is 13.3. The predicted octanol–water partition coefficient (Wildman–Crippen LogP) is 5.04. The van der Waals surface area contributed by atoms with Gasteiger partial charge in [0.05, 0.1) is 22.8 Å². The van der Waals surface area contributed by atoms with Crippen molar-refractivity contribution in [2.75, 3.05) is 5.32 Å². The molecule has 3 aromatic carbocycles. The summed E-state index contributed by atoms with van der Waals surface area (Å²) in [6, 6.07) is 25.6. The van der Waals surface area contributed by atoms with Crippen LogP contribution in [-0.4, -0.2) is 20.7 Å². The van der Waals surface area contributed by atoms with Gasteiger partial charge in [0.15, 0.2) is 5.65 Å². The normalized spacial score (nSPS) is 11.1. The van der Waals surface area contributed by atoms with Crippen LogP contribution >= 0.6 is 0 Å². The van der Waals surface area contributed by atoms with Crippen molar-refractivity contribution >= 4 is 33.4 Å². The predicted molar refractivity (Wildman–Crippen MR) is 116 cm³/mol. The van der Waals surface area contributed by atoms with Crippen LogP contribution < -0.4 is 5.32 Å². The molecule has 5 rings (SSSR count). The number of pyridine rings is 1. The lowest BCUT2D eigenvalue weighted by Crippen LogP contribution is -2.13. The summed E-state index contributed by atoms with van der Waals surface area (Å²) < 4.78 is 1.69. The third-order valence-corrected chi connectivity index (χ3v) is 5.06. The molecule has 5 heteroatoms. The van der Waals surface area contributed by atoms with E-state index in [1.165, 1.54) is 0 Å². The highest BCUT2D eigenvalue weighted by atomic mass is 16.1. The Kier molecular flexibility index (Phi) is 4.06. The minimum absolute atomic E-state index is 0.182. The quantitative estimate of drug-likeness (QED) is 0.478. The first-order valence-electron chi connectivity index (χ1n) is 9.38. The van der Waals surface area contributed by atoms with Gasteiger partial charge in [-0.25, -0.2) is 4.98 Å². The minimum Gasteiger partial charge on any atom is -0.321 e. The second-order valence-electron chi connectivity index (χ2n) is 6.91. The first-order chi connectivity index (χ1) is 14.2. The SMILES string of the molecule is Cn1ncc2c(C(=O)Nc3cccc4ccccc34)cc(-c3ccccc3)nc21. The first-order valence-corrected chi connectivity index (χ1v) is 9.38. The van der Waals surface area contributed by atoms with Gasteiger partial charge in [0.2, 0.25) is 0 Å². The van der Waals surface area contributed by atoms with E-state index in [2.05, 4.69) is 10.4 Å². The Morgan fingerprint density at radius 2 is 1.66 bits per heavy atom. The lowest BCUT2D eigenvalue weighted by atomic mass is 10.1. The Bertz CT molecular complexity index is 1350. The highest BCUT2D eigenvalue weighted by Gasteiger charge is 2.17. The minimum atomic E-state index is -0.182. The zero-order chi connectivity index (χ0) is 19.8. The van der Waals surface area contributed by atoms with Gasteiger partial charge < -0.3 is 5.32 Å². The molecule has 2 aromatic heterocycles. The van der Waals surface area contributed by atoms with Crippen molar-refractivity contribution in [1.82, 2.24) is 14.8 Å². The number of nitrogens with zero attached hydrogens (tertiary/aromatic N) is 3. The zero-order valence-electron chi connectivity index (χ0n) is 15.8. The van der Waals surface area contributed by atoms with Crippen LogP contribution in [-0.2, 0) is 7.05 Å². The second kappa shape index (κ2) is 6.87. The van der Waals surface area contributed by atoms with Crippen LogP contribution in [0.15, 0.2) is 85.1 Å². The Labute approximate surface area is 167 Å². The molecule has 1 N–H and O–H groups in total. The highest BCUT2D eigenvalue weighted by molar-refractivity contribution is 6.15. The van der Waals surface area contributed by atoms with Gasteiger partial charge in [-0.3, -0.25) is 9.48 Å². The van der Waals surface area contributed by atoms with Crippen molar-refractivity contribution in [3.05, 3.63) is 90.6 Å². The summed E-state index contributed by atoms with van der Waals surface area (Å²) >= 11 is 0. The molecule has 0 saturated heterocycles. The molecule has 140 valence electrons. The lowest BCUT2D eigenvalue weighted by Gasteiger charge is -2.11. The molecule has 29 heavy (non-hydrogen) atoms. The van der Waals surface area contributed by atoms with Gasteiger partial charge in [-0.05, 0) is 17.5 Å². The number of anilines is 1. The molecule has 1 amide bonds. The summed E-state index contributed by atoms with van der Waals surface area (Å²) in [7, 11) is 1.83. The fraction of sp³-hybridized carbons (Fsp3) is 0.0417. The molecular formula is C24H18N4O. The second-order valence-corrected chi connectivity index (χ2v) is 6.91. The van der Waals surface area contributed by atoms with E-state index in [0.717, 1.165) is 33.1 Å². The number of aromatic nitrogens is 3. The van der Waals surface area contributed by atoms with E-state index < -0.39 is 0 Å². The maximum absolute atomic E-state index is 13.3.